The molecule has 0 amide bonds. The lowest BCUT2D eigenvalue weighted by molar-refractivity contribution is -0.0328. The molecule has 0 unspecified atom stereocenters. The Labute approximate surface area is 151 Å². The van der Waals surface area contributed by atoms with Crippen LogP contribution in [0.5, 0.6) is 0 Å². The van der Waals surface area contributed by atoms with Crippen LogP contribution in [0.25, 0.3) is 0 Å². The zero-order chi connectivity index (χ0) is 18.1. The third-order valence-corrected chi connectivity index (χ3v) is 6.18. The van der Waals surface area contributed by atoms with Crippen molar-refractivity contribution in [2.24, 2.45) is 0 Å². The lowest BCUT2D eigenvalue weighted by Crippen LogP contribution is -2.65. The lowest BCUT2D eigenvalue weighted by Gasteiger charge is -2.52. The van der Waals surface area contributed by atoms with Gasteiger partial charge in [0, 0.05) is 75.5 Å². The van der Waals surface area contributed by atoms with Gasteiger partial charge in [-0.05, 0) is 55.4 Å². The monoisotopic (exact) mass is 338 g/mol. The molecule has 0 bridgehead atoms. The third-order valence-electron chi connectivity index (χ3n) is 6.18. The van der Waals surface area contributed by atoms with Crippen molar-refractivity contribution in [1.29, 1.82) is 0 Å². The van der Waals surface area contributed by atoms with Crippen LogP contribution in [-0.4, -0.2) is 95.1 Å². The Morgan fingerprint density at radius 1 is 0.833 bits per heavy atom. The summed E-state index contributed by atoms with van der Waals surface area (Å²) in [5.41, 5.74) is 0.540. The standard InChI is InChI=1S/C20H42N4/c1-17(2)22-10-12-23(13-11-22)19(5,6)15-21-9-14-24(18(3)4)20(7,8)16-21/h17-18H,9-16H2,1-8H3. The predicted molar refractivity (Wildman–Crippen MR) is 105 cm³/mol. The maximum absolute atomic E-state index is 2.72. The second-order valence-corrected chi connectivity index (χ2v) is 9.74. The molecule has 0 saturated carbocycles. The fraction of sp³-hybridized carbons (Fsp3) is 1.00. The van der Waals surface area contributed by atoms with E-state index >= 15 is 0 Å². The molecule has 0 spiro atoms. The van der Waals surface area contributed by atoms with Gasteiger partial charge in [0.05, 0.1) is 0 Å². The summed E-state index contributed by atoms with van der Waals surface area (Å²) in [6.45, 7) is 28.6. The van der Waals surface area contributed by atoms with Crippen LogP contribution in [0.3, 0.4) is 0 Å². The Balaban J connectivity index is 1.91. The van der Waals surface area contributed by atoms with Crippen LogP contribution in [0.2, 0.25) is 0 Å². The number of nitrogens with zero attached hydrogens (tertiary/aromatic N) is 4. The normalized spacial score (nSPS) is 25.8. The molecule has 2 aliphatic heterocycles. The van der Waals surface area contributed by atoms with Crippen LogP contribution in [0.4, 0.5) is 0 Å². The maximum atomic E-state index is 2.72. The van der Waals surface area contributed by atoms with Crippen LogP contribution < -0.4 is 0 Å². The first-order chi connectivity index (χ1) is 11.0. The fourth-order valence-electron chi connectivity index (χ4n) is 4.85. The van der Waals surface area contributed by atoms with Gasteiger partial charge in [0.15, 0.2) is 0 Å². The van der Waals surface area contributed by atoms with E-state index in [0.717, 1.165) is 0 Å². The quantitative estimate of drug-likeness (QED) is 0.764. The van der Waals surface area contributed by atoms with E-state index in [-0.39, 0.29) is 11.1 Å². The average Bonchev–Trinajstić information content (AvgIpc) is 2.45. The molecule has 24 heavy (non-hydrogen) atoms. The van der Waals surface area contributed by atoms with Gasteiger partial charge < -0.3 is 0 Å². The van der Waals surface area contributed by atoms with Crippen LogP contribution in [0.15, 0.2) is 0 Å². The largest absolute Gasteiger partial charge is 0.298 e. The minimum atomic E-state index is 0.263. The number of hydrogen-bond acceptors (Lipinski definition) is 4. The van der Waals surface area contributed by atoms with Crippen molar-refractivity contribution in [2.45, 2.75) is 78.6 Å². The highest BCUT2D eigenvalue weighted by molar-refractivity contribution is 4.95. The molecule has 142 valence electrons. The van der Waals surface area contributed by atoms with Gasteiger partial charge in [-0.1, -0.05) is 0 Å². The smallest absolute Gasteiger partial charge is 0.0283 e. The second kappa shape index (κ2) is 7.61. The first kappa shape index (κ1) is 20.2. The predicted octanol–water partition coefficient (Wildman–Crippen LogP) is 2.60. The molecule has 2 aliphatic rings. The van der Waals surface area contributed by atoms with E-state index < -0.39 is 0 Å². The Morgan fingerprint density at radius 3 is 1.88 bits per heavy atom. The molecule has 4 heteroatoms. The van der Waals surface area contributed by atoms with Gasteiger partial charge >= 0.3 is 0 Å². The number of rotatable bonds is 5. The van der Waals surface area contributed by atoms with Crippen molar-refractivity contribution in [1.82, 2.24) is 19.6 Å². The molecular weight excluding hydrogens is 296 g/mol. The molecule has 2 rings (SSSR count). The summed E-state index contributed by atoms with van der Waals surface area (Å²) >= 11 is 0. The molecule has 0 aromatic rings. The average molecular weight is 339 g/mol. The summed E-state index contributed by atoms with van der Waals surface area (Å²) in [5.74, 6) is 0. The summed E-state index contributed by atoms with van der Waals surface area (Å²) in [4.78, 5) is 10.7. The molecule has 0 aromatic heterocycles. The molecular formula is C20H42N4. The number of hydrogen-bond donors (Lipinski definition) is 0. The number of piperazine rings is 2. The minimum Gasteiger partial charge on any atom is -0.298 e. The highest BCUT2D eigenvalue weighted by Crippen LogP contribution is 2.26. The van der Waals surface area contributed by atoms with E-state index in [0.29, 0.717) is 12.1 Å². The second-order valence-electron chi connectivity index (χ2n) is 9.74. The Morgan fingerprint density at radius 2 is 1.42 bits per heavy atom. The van der Waals surface area contributed by atoms with Crippen molar-refractivity contribution < 1.29 is 0 Å². The Bertz CT molecular complexity index is 394. The van der Waals surface area contributed by atoms with Crippen LogP contribution in [0, 0.1) is 0 Å². The third kappa shape index (κ3) is 4.72. The lowest BCUT2D eigenvalue weighted by atomic mass is 9.94. The first-order valence-electron chi connectivity index (χ1n) is 10.0. The molecule has 0 aliphatic carbocycles. The molecule has 4 nitrogen and oxygen atoms in total. The molecule has 2 saturated heterocycles. The molecule has 2 fully saturated rings. The Hall–Kier alpha value is -0.160. The summed E-state index contributed by atoms with van der Waals surface area (Å²) in [7, 11) is 0. The minimum absolute atomic E-state index is 0.263. The van der Waals surface area contributed by atoms with E-state index in [9.17, 15) is 0 Å². The zero-order valence-corrected chi connectivity index (χ0v) is 17.6. The van der Waals surface area contributed by atoms with Crippen molar-refractivity contribution >= 4 is 0 Å². The van der Waals surface area contributed by atoms with Gasteiger partial charge in [-0.3, -0.25) is 19.6 Å². The molecule has 0 radical (unpaired) electrons. The molecule has 0 atom stereocenters. The Kier molecular flexibility index (Phi) is 6.39. The molecule has 2 heterocycles. The highest BCUT2D eigenvalue weighted by atomic mass is 15.4. The van der Waals surface area contributed by atoms with Crippen molar-refractivity contribution in [2.75, 3.05) is 52.4 Å². The van der Waals surface area contributed by atoms with E-state index in [4.69, 9.17) is 0 Å². The van der Waals surface area contributed by atoms with Gasteiger partial charge in [-0.2, -0.15) is 0 Å². The van der Waals surface area contributed by atoms with Crippen molar-refractivity contribution in [3.8, 4) is 0 Å². The van der Waals surface area contributed by atoms with E-state index in [1.54, 1.807) is 0 Å². The van der Waals surface area contributed by atoms with E-state index in [1.165, 1.54) is 52.4 Å². The summed E-state index contributed by atoms with van der Waals surface area (Å²) in [6, 6.07) is 1.32. The van der Waals surface area contributed by atoms with E-state index in [2.05, 4.69) is 75.0 Å². The zero-order valence-electron chi connectivity index (χ0n) is 17.6. The highest BCUT2D eigenvalue weighted by Gasteiger charge is 2.38. The van der Waals surface area contributed by atoms with Crippen LogP contribution >= 0.6 is 0 Å². The maximum Gasteiger partial charge on any atom is 0.0283 e. The summed E-state index contributed by atoms with van der Waals surface area (Å²) < 4.78 is 0. The van der Waals surface area contributed by atoms with Gasteiger partial charge in [0.1, 0.15) is 0 Å². The van der Waals surface area contributed by atoms with Crippen molar-refractivity contribution in [3.63, 3.8) is 0 Å². The van der Waals surface area contributed by atoms with Gasteiger partial charge in [-0.25, -0.2) is 0 Å². The molecule has 0 aromatic carbocycles. The van der Waals surface area contributed by atoms with Gasteiger partial charge in [-0.15, -0.1) is 0 Å². The first-order valence-corrected chi connectivity index (χ1v) is 10.0. The SMILES string of the molecule is CC(C)N1CCN(C(C)(C)CN2CCN(C(C)C)C(C)(C)C2)CC1. The fourth-order valence-corrected chi connectivity index (χ4v) is 4.85. The summed E-state index contributed by atoms with van der Waals surface area (Å²) in [5, 5.41) is 0. The van der Waals surface area contributed by atoms with E-state index in [1.807, 2.05) is 0 Å². The van der Waals surface area contributed by atoms with Crippen LogP contribution in [0.1, 0.15) is 55.4 Å². The van der Waals surface area contributed by atoms with Gasteiger partial charge in [0.25, 0.3) is 0 Å². The van der Waals surface area contributed by atoms with Crippen LogP contribution in [-0.2, 0) is 0 Å². The topological polar surface area (TPSA) is 13.0 Å². The molecule has 0 N–H and O–H groups in total. The summed E-state index contributed by atoms with van der Waals surface area (Å²) in [6.07, 6.45) is 0. The van der Waals surface area contributed by atoms with Gasteiger partial charge in [0.2, 0.25) is 0 Å². The van der Waals surface area contributed by atoms with Crippen molar-refractivity contribution in [3.05, 3.63) is 0 Å².